The Balaban J connectivity index is 1.65. The van der Waals surface area contributed by atoms with E-state index in [0.717, 1.165) is 18.4 Å². The standard InChI is InChI=1S/C16H31NO/c1-13(2)11-17-7-5-16(6-8-17)9-15(10-16)12-18-14(3)4/h13-15H,5-12H2,1-4H3. The topological polar surface area (TPSA) is 12.5 Å². The highest BCUT2D eigenvalue weighted by molar-refractivity contribution is 4.97. The molecule has 0 unspecified atom stereocenters. The largest absolute Gasteiger partial charge is 0.379 e. The van der Waals surface area contributed by atoms with E-state index in [9.17, 15) is 0 Å². The minimum atomic E-state index is 0.398. The second kappa shape index (κ2) is 5.92. The molecule has 2 aliphatic rings. The summed E-state index contributed by atoms with van der Waals surface area (Å²) in [5.74, 6) is 1.66. The maximum Gasteiger partial charge on any atom is 0.0519 e. The van der Waals surface area contributed by atoms with Crippen LogP contribution in [0.3, 0.4) is 0 Å². The molecule has 18 heavy (non-hydrogen) atoms. The number of rotatable bonds is 5. The van der Waals surface area contributed by atoms with Crippen molar-refractivity contribution in [3.05, 3.63) is 0 Å². The molecule has 1 heterocycles. The van der Waals surface area contributed by atoms with Crippen molar-refractivity contribution in [2.24, 2.45) is 17.3 Å². The Bertz CT molecular complexity index is 238. The van der Waals surface area contributed by atoms with Crippen molar-refractivity contribution in [2.45, 2.75) is 59.5 Å². The summed E-state index contributed by atoms with van der Waals surface area (Å²) in [6.45, 7) is 13.9. The second-order valence-corrected chi connectivity index (χ2v) is 7.35. The zero-order valence-electron chi connectivity index (χ0n) is 12.7. The van der Waals surface area contributed by atoms with Crippen molar-refractivity contribution < 1.29 is 4.74 Å². The number of hydrogen-bond acceptors (Lipinski definition) is 2. The normalized spacial score (nSPS) is 25.0. The summed E-state index contributed by atoms with van der Waals surface area (Å²) in [7, 11) is 0. The van der Waals surface area contributed by atoms with E-state index >= 15 is 0 Å². The van der Waals surface area contributed by atoms with Gasteiger partial charge in [0.05, 0.1) is 6.10 Å². The van der Waals surface area contributed by atoms with Crippen LogP contribution in [0.15, 0.2) is 0 Å². The van der Waals surface area contributed by atoms with Gasteiger partial charge in [0.1, 0.15) is 0 Å². The monoisotopic (exact) mass is 253 g/mol. The van der Waals surface area contributed by atoms with Crippen molar-refractivity contribution in [2.75, 3.05) is 26.2 Å². The molecule has 0 radical (unpaired) electrons. The summed E-state index contributed by atoms with van der Waals surface area (Å²) >= 11 is 0. The molecule has 1 saturated heterocycles. The summed E-state index contributed by atoms with van der Waals surface area (Å²) in [6.07, 6.45) is 6.11. The lowest BCUT2D eigenvalue weighted by atomic mass is 9.58. The van der Waals surface area contributed by atoms with Gasteiger partial charge in [-0.2, -0.15) is 0 Å². The molecule has 0 atom stereocenters. The molecular weight excluding hydrogens is 222 g/mol. The number of ether oxygens (including phenoxy) is 1. The molecule has 0 aromatic rings. The van der Waals surface area contributed by atoms with E-state index in [2.05, 4.69) is 32.6 Å². The predicted molar refractivity (Wildman–Crippen MR) is 76.8 cm³/mol. The van der Waals surface area contributed by atoms with Crippen LogP contribution in [0, 0.1) is 17.3 Å². The van der Waals surface area contributed by atoms with E-state index in [4.69, 9.17) is 4.74 Å². The van der Waals surface area contributed by atoms with Crippen LogP contribution in [0.1, 0.15) is 53.4 Å². The number of likely N-dealkylation sites (tertiary alicyclic amines) is 1. The van der Waals surface area contributed by atoms with E-state index in [0.29, 0.717) is 11.5 Å². The molecule has 1 saturated carbocycles. The Kier molecular flexibility index (Phi) is 4.71. The molecule has 1 aliphatic heterocycles. The van der Waals surface area contributed by atoms with Gasteiger partial charge in [-0.25, -0.2) is 0 Å². The van der Waals surface area contributed by atoms with Crippen molar-refractivity contribution >= 4 is 0 Å². The smallest absolute Gasteiger partial charge is 0.0519 e. The Morgan fingerprint density at radius 2 is 1.72 bits per heavy atom. The van der Waals surface area contributed by atoms with Gasteiger partial charge >= 0.3 is 0 Å². The van der Waals surface area contributed by atoms with Crippen molar-refractivity contribution in [1.82, 2.24) is 4.90 Å². The Morgan fingerprint density at radius 1 is 1.11 bits per heavy atom. The molecule has 0 aromatic carbocycles. The van der Waals surface area contributed by atoms with E-state index in [1.807, 2.05) is 0 Å². The number of nitrogens with zero attached hydrogens (tertiary/aromatic N) is 1. The molecule has 2 heteroatoms. The molecule has 2 nitrogen and oxygen atoms in total. The molecule has 0 amide bonds. The fraction of sp³-hybridized carbons (Fsp3) is 1.00. The molecule has 0 N–H and O–H groups in total. The highest BCUT2D eigenvalue weighted by Gasteiger charge is 2.45. The molecular formula is C16H31NO. The van der Waals surface area contributed by atoms with E-state index in [1.54, 1.807) is 0 Å². The Labute approximate surface area is 113 Å². The lowest BCUT2D eigenvalue weighted by Crippen LogP contribution is -2.48. The minimum Gasteiger partial charge on any atom is -0.379 e. The predicted octanol–water partition coefficient (Wildman–Crippen LogP) is 3.56. The van der Waals surface area contributed by atoms with E-state index in [1.165, 1.54) is 45.3 Å². The van der Waals surface area contributed by atoms with Gasteiger partial charge in [-0.1, -0.05) is 13.8 Å². The average molecular weight is 253 g/mol. The van der Waals surface area contributed by atoms with Gasteiger partial charge in [-0.3, -0.25) is 0 Å². The van der Waals surface area contributed by atoms with Crippen LogP contribution in [0.5, 0.6) is 0 Å². The lowest BCUT2D eigenvalue weighted by Gasteiger charge is -2.52. The SMILES string of the molecule is CC(C)CN1CCC2(CC1)CC(COC(C)C)C2. The van der Waals surface area contributed by atoms with Crippen molar-refractivity contribution in [3.63, 3.8) is 0 Å². The second-order valence-electron chi connectivity index (χ2n) is 7.35. The van der Waals surface area contributed by atoms with Crippen LogP contribution in [0.25, 0.3) is 0 Å². The first kappa shape index (κ1) is 14.3. The van der Waals surface area contributed by atoms with E-state index in [-0.39, 0.29) is 0 Å². The molecule has 0 bridgehead atoms. The zero-order valence-corrected chi connectivity index (χ0v) is 12.7. The van der Waals surface area contributed by atoms with Gasteiger partial charge in [0.15, 0.2) is 0 Å². The number of hydrogen-bond donors (Lipinski definition) is 0. The fourth-order valence-electron chi connectivity index (χ4n) is 3.75. The van der Waals surface area contributed by atoms with Crippen LogP contribution < -0.4 is 0 Å². The van der Waals surface area contributed by atoms with Gasteiger partial charge in [-0.15, -0.1) is 0 Å². The molecule has 1 spiro atoms. The van der Waals surface area contributed by atoms with Crippen molar-refractivity contribution in [3.8, 4) is 0 Å². The summed E-state index contributed by atoms with van der Waals surface area (Å²) in [5, 5.41) is 0. The van der Waals surface area contributed by atoms with Crippen LogP contribution in [0.2, 0.25) is 0 Å². The maximum absolute atomic E-state index is 5.74. The quantitative estimate of drug-likeness (QED) is 0.743. The van der Waals surface area contributed by atoms with Gasteiger partial charge in [0.2, 0.25) is 0 Å². The van der Waals surface area contributed by atoms with Gasteiger partial charge in [0.25, 0.3) is 0 Å². The highest BCUT2D eigenvalue weighted by atomic mass is 16.5. The Hall–Kier alpha value is -0.0800. The maximum atomic E-state index is 5.74. The first-order valence-electron chi connectivity index (χ1n) is 7.83. The van der Waals surface area contributed by atoms with Gasteiger partial charge in [-0.05, 0) is 69.9 Å². The summed E-state index contributed by atoms with van der Waals surface area (Å²) in [6, 6.07) is 0. The summed E-state index contributed by atoms with van der Waals surface area (Å²) in [4.78, 5) is 2.66. The third-order valence-corrected chi connectivity index (χ3v) is 4.65. The van der Waals surface area contributed by atoms with Gasteiger partial charge < -0.3 is 9.64 Å². The third-order valence-electron chi connectivity index (χ3n) is 4.65. The van der Waals surface area contributed by atoms with Gasteiger partial charge in [0, 0.05) is 13.2 Å². The molecule has 106 valence electrons. The third kappa shape index (κ3) is 3.71. The van der Waals surface area contributed by atoms with E-state index < -0.39 is 0 Å². The number of piperidine rings is 1. The first-order chi connectivity index (χ1) is 8.49. The average Bonchev–Trinajstić information content (AvgIpc) is 2.24. The molecule has 2 fully saturated rings. The fourth-order valence-corrected chi connectivity index (χ4v) is 3.75. The summed E-state index contributed by atoms with van der Waals surface area (Å²) < 4.78 is 5.74. The molecule has 2 rings (SSSR count). The minimum absolute atomic E-state index is 0.398. The van der Waals surface area contributed by atoms with Crippen LogP contribution in [0.4, 0.5) is 0 Å². The summed E-state index contributed by atoms with van der Waals surface area (Å²) in [5.41, 5.74) is 0.707. The molecule has 1 aliphatic carbocycles. The molecule has 0 aromatic heterocycles. The van der Waals surface area contributed by atoms with Crippen molar-refractivity contribution in [1.29, 1.82) is 0 Å². The van der Waals surface area contributed by atoms with Crippen LogP contribution in [-0.4, -0.2) is 37.2 Å². The lowest BCUT2D eigenvalue weighted by molar-refractivity contribution is -0.0618. The highest BCUT2D eigenvalue weighted by Crippen LogP contribution is 2.52. The van der Waals surface area contributed by atoms with Crippen LogP contribution >= 0.6 is 0 Å². The first-order valence-corrected chi connectivity index (χ1v) is 7.83. The Morgan fingerprint density at radius 3 is 2.22 bits per heavy atom. The van der Waals surface area contributed by atoms with Crippen LogP contribution in [-0.2, 0) is 4.74 Å². The zero-order chi connectivity index (χ0) is 13.2.